The van der Waals surface area contributed by atoms with E-state index in [1.807, 2.05) is 61.2 Å². The number of benzene rings is 2. The number of nitrogens with zero attached hydrogens (tertiary/aromatic N) is 7. The van der Waals surface area contributed by atoms with Crippen molar-refractivity contribution < 1.29 is 14.3 Å². The maximum absolute atomic E-state index is 14.3. The normalized spacial score (nSPS) is 20.3. The first-order chi connectivity index (χ1) is 23.6. The van der Waals surface area contributed by atoms with Crippen molar-refractivity contribution in [3.8, 4) is 23.3 Å². The number of hydrogen-bond acceptors (Lipinski definition) is 8. The molecule has 0 spiro atoms. The highest BCUT2D eigenvalue weighted by molar-refractivity contribution is 5.97. The highest BCUT2D eigenvalue weighted by atomic mass is 16.5. The van der Waals surface area contributed by atoms with Crippen LogP contribution in [0, 0.1) is 11.3 Å². The van der Waals surface area contributed by atoms with E-state index in [9.17, 15) is 19.6 Å². The summed E-state index contributed by atoms with van der Waals surface area (Å²) in [7, 11) is 0. The molecule has 0 saturated carbocycles. The Bertz CT molecular complexity index is 2030. The zero-order valence-corrected chi connectivity index (χ0v) is 27.8. The van der Waals surface area contributed by atoms with E-state index in [1.165, 1.54) is 0 Å². The van der Waals surface area contributed by atoms with E-state index in [4.69, 9.17) is 10.5 Å². The quantitative estimate of drug-likeness (QED) is 0.229. The first-order valence-electron chi connectivity index (χ1n) is 16.8. The Labute approximate surface area is 284 Å². The van der Waals surface area contributed by atoms with E-state index in [0.717, 1.165) is 6.42 Å². The summed E-state index contributed by atoms with van der Waals surface area (Å²) in [6, 6.07) is 20.4. The summed E-state index contributed by atoms with van der Waals surface area (Å²) in [6.07, 6.45) is 6.10. The van der Waals surface area contributed by atoms with Gasteiger partial charge < -0.3 is 20.3 Å². The van der Waals surface area contributed by atoms with Gasteiger partial charge in [0.15, 0.2) is 0 Å². The number of anilines is 1. The molecule has 252 valence electrons. The Morgan fingerprint density at radius 1 is 0.980 bits per heavy atom. The first kappa shape index (κ1) is 32.2. The van der Waals surface area contributed by atoms with Crippen molar-refractivity contribution in [1.82, 2.24) is 28.8 Å². The van der Waals surface area contributed by atoms with Crippen LogP contribution >= 0.6 is 0 Å². The molecule has 0 radical (unpaired) electrons. The molecule has 2 amide bonds. The lowest BCUT2D eigenvalue weighted by molar-refractivity contribution is -0.131. The number of carbonyl (C=O) groups excluding carboxylic acids is 2. The molecule has 12 nitrogen and oxygen atoms in total. The number of nitrogen functional groups attached to an aromatic ring is 1. The van der Waals surface area contributed by atoms with Gasteiger partial charge in [0, 0.05) is 56.9 Å². The van der Waals surface area contributed by atoms with Crippen molar-refractivity contribution in [3.63, 3.8) is 0 Å². The van der Waals surface area contributed by atoms with Gasteiger partial charge in [-0.1, -0.05) is 18.2 Å². The number of hydrogen-bond donors (Lipinski definition) is 1. The number of ether oxygens (including phenoxy) is 1. The van der Waals surface area contributed by atoms with Crippen LogP contribution in [0.3, 0.4) is 0 Å². The third-order valence-electron chi connectivity index (χ3n) is 10.1. The lowest BCUT2D eigenvalue weighted by Gasteiger charge is -2.45. The molecule has 2 aromatic heterocycles. The van der Waals surface area contributed by atoms with Crippen LogP contribution < -0.4 is 16.2 Å². The zero-order valence-electron chi connectivity index (χ0n) is 27.8. The van der Waals surface area contributed by atoms with E-state index in [2.05, 4.69) is 16.0 Å². The first-order valence-corrected chi connectivity index (χ1v) is 16.8. The molecule has 3 aliphatic heterocycles. The molecule has 49 heavy (non-hydrogen) atoms. The predicted octanol–water partition coefficient (Wildman–Crippen LogP) is 4.26. The third kappa shape index (κ3) is 6.06. The van der Waals surface area contributed by atoms with Crippen LogP contribution in [-0.2, 0) is 9.59 Å². The number of piperidine rings is 1. The summed E-state index contributed by atoms with van der Waals surface area (Å²) in [5.41, 5.74) is 7.35. The van der Waals surface area contributed by atoms with Crippen molar-refractivity contribution in [1.29, 1.82) is 5.26 Å². The minimum absolute atomic E-state index is 0.0802. The second-order valence-electron chi connectivity index (χ2n) is 13.6. The van der Waals surface area contributed by atoms with Crippen LogP contribution in [0.2, 0.25) is 0 Å². The summed E-state index contributed by atoms with van der Waals surface area (Å²) >= 11 is 0. The van der Waals surface area contributed by atoms with E-state index in [1.54, 1.807) is 44.5 Å². The second kappa shape index (κ2) is 12.9. The lowest BCUT2D eigenvalue weighted by Crippen LogP contribution is -2.57. The minimum atomic E-state index is -0.565. The van der Waals surface area contributed by atoms with Crippen molar-refractivity contribution in [3.05, 3.63) is 89.0 Å². The summed E-state index contributed by atoms with van der Waals surface area (Å²) < 4.78 is 9.22. The number of amides is 2. The summed E-state index contributed by atoms with van der Waals surface area (Å²) in [4.78, 5) is 50.6. The number of nitrogens with two attached hydrogens (primary N) is 1. The minimum Gasteiger partial charge on any atom is -0.457 e. The van der Waals surface area contributed by atoms with Crippen LogP contribution in [0.4, 0.5) is 5.82 Å². The zero-order chi connectivity index (χ0) is 34.3. The average molecular weight is 661 g/mol. The SMILES string of the molecule is CC(C)(C=C(C#N)C(=O)N1CCC[C@@H](n2c(=O)n(-c3ccc(Oc4ccccc4)cc3)c3c(N)nccc32)C1)N1CCN2C(=O)CC[C@H]2C1. The van der Waals surface area contributed by atoms with Crippen molar-refractivity contribution in [2.24, 2.45) is 0 Å². The topological polar surface area (TPSA) is 143 Å². The molecule has 3 saturated heterocycles. The van der Waals surface area contributed by atoms with Gasteiger partial charge in [0.2, 0.25) is 5.91 Å². The Kier molecular flexibility index (Phi) is 8.46. The Balaban J connectivity index is 1.14. The number of likely N-dealkylation sites (tertiary alicyclic amines) is 1. The van der Waals surface area contributed by atoms with Crippen molar-refractivity contribution in [2.45, 2.75) is 57.2 Å². The Morgan fingerprint density at radius 2 is 1.73 bits per heavy atom. The van der Waals surface area contributed by atoms with E-state index in [-0.39, 0.29) is 47.5 Å². The van der Waals surface area contributed by atoms with Gasteiger partial charge in [-0.15, -0.1) is 0 Å². The van der Waals surface area contributed by atoms with E-state index < -0.39 is 5.54 Å². The fraction of sp³-hybridized carbons (Fsp3) is 0.378. The predicted molar refractivity (Wildman–Crippen MR) is 185 cm³/mol. The van der Waals surface area contributed by atoms with Crippen LogP contribution in [-0.4, -0.2) is 84.9 Å². The number of aromatic nitrogens is 3. The molecule has 0 bridgehead atoms. The third-order valence-corrected chi connectivity index (χ3v) is 10.1. The number of pyridine rings is 1. The molecule has 7 rings (SSSR count). The maximum atomic E-state index is 14.3. The number of carbonyl (C=O) groups is 2. The molecule has 12 heteroatoms. The molecule has 4 aromatic rings. The van der Waals surface area contributed by atoms with Gasteiger partial charge in [0.1, 0.15) is 34.5 Å². The number of nitriles is 1. The van der Waals surface area contributed by atoms with Gasteiger partial charge in [-0.25, -0.2) is 9.78 Å². The molecule has 3 fully saturated rings. The molecule has 0 aliphatic carbocycles. The summed E-state index contributed by atoms with van der Waals surface area (Å²) in [6.45, 7) is 6.81. The number of para-hydroxylation sites is 1. The molecule has 2 N–H and O–H groups in total. The molecule has 5 heterocycles. The molecule has 0 unspecified atom stereocenters. The van der Waals surface area contributed by atoms with Gasteiger partial charge in [-0.05, 0) is 81.7 Å². The number of piperazine rings is 1. The van der Waals surface area contributed by atoms with Gasteiger partial charge in [0.25, 0.3) is 5.91 Å². The smallest absolute Gasteiger partial charge is 0.334 e. The van der Waals surface area contributed by atoms with Crippen LogP contribution in [0.25, 0.3) is 16.7 Å². The standard InChI is InChI=1S/C37H40N8O4/c1-37(2,42-19-20-43-27(24-42)12-15-32(43)46)21-25(22-38)35(47)41-18-6-7-28(23-41)44-31-16-17-40-34(39)33(31)45(36(44)48)26-10-13-30(14-11-26)49-29-8-4-3-5-9-29/h3-5,8-11,13-14,16-17,21,27-28H,6-7,12,15,18-20,23-24H2,1-2H3,(H2,39,40)/t27-,28+/m0/s1. The molecule has 2 aromatic carbocycles. The van der Waals surface area contributed by atoms with Gasteiger partial charge in [-0.2, -0.15) is 5.26 Å². The fourth-order valence-corrected chi connectivity index (χ4v) is 7.56. The highest BCUT2D eigenvalue weighted by Gasteiger charge is 2.40. The number of imidazole rings is 1. The van der Waals surface area contributed by atoms with Crippen molar-refractivity contribution in [2.75, 3.05) is 38.5 Å². The second-order valence-corrected chi connectivity index (χ2v) is 13.6. The highest BCUT2D eigenvalue weighted by Crippen LogP contribution is 2.32. The van der Waals surface area contributed by atoms with Crippen LogP contribution in [0.15, 0.2) is 83.3 Å². The Morgan fingerprint density at radius 3 is 2.49 bits per heavy atom. The molecular weight excluding hydrogens is 620 g/mol. The van der Waals surface area contributed by atoms with Gasteiger partial charge in [-0.3, -0.25) is 23.6 Å². The van der Waals surface area contributed by atoms with Gasteiger partial charge in [0.05, 0.1) is 17.2 Å². The van der Waals surface area contributed by atoms with Crippen LogP contribution in [0.5, 0.6) is 11.5 Å². The largest absolute Gasteiger partial charge is 0.457 e. The van der Waals surface area contributed by atoms with Crippen LogP contribution in [0.1, 0.15) is 45.6 Å². The Hall–Kier alpha value is -5.41. The molecule has 3 aliphatic rings. The number of fused-ring (bicyclic) bond motifs is 2. The van der Waals surface area contributed by atoms with Gasteiger partial charge >= 0.3 is 5.69 Å². The van der Waals surface area contributed by atoms with E-state index >= 15 is 0 Å². The summed E-state index contributed by atoms with van der Waals surface area (Å²) in [5.74, 6) is 1.41. The lowest BCUT2D eigenvalue weighted by atomic mass is 9.95. The fourth-order valence-electron chi connectivity index (χ4n) is 7.56. The molecule has 2 atom stereocenters. The summed E-state index contributed by atoms with van der Waals surface area (Å²) in [5, 5.41) is 10.2. The molecular formula is C37H40N8O4. The van der Waals surface area contributed by atoms with Crippen molar-refractivity contribution >= 4 is 28.7 Å². The average Bonchev–Trinajstić information content (AvgIpc) is 3.64. The van der Waals surface area contributed by atoms with E-state index in [0.29, 0.717) is 73.7 Å². The maximum Gasteiger partial charge on any atom is 0.334 e. The number of rotatable bonds is 7. The monoisotopic (exact) mass is 660 g/mol.